The Morgan fingerprint density at radius 3 is 2.15 bits per heavy atom. The number of methoxy groups -OCH3 is 2. The van der Waals surface area contributed by atoms with Crippen LogP contribution in [0.1, 0.15) is 5.56 Å². The number of benzene rings is 2. The minimum absolute atomic E-state index is 0.278. The molecule has 1 aliphatic heterocycles. The highest BCUT2D eigenvalue weighted by Gasteiger charge is 2.28. The van der Waals surface area contributed by atoms with E-state index in [1.54, 1.807) is 38.5 Å². The first-order chi connectivity index (χ1) is 12.9. The highest BCUT2D eigenvalue weighted by Crippen LogP contribution is 2.28. The first-order valence-corrected chi connectivity index (χ1v) is 10.4. The molecule has 2 aromatic carbocycles. The molecule has 0 saturated carbocycles. The topological polar surface area (TPSA) is 59.1 Å². The molecule has 27 heavy (non-hydrogen) atoms. The minimum Gasteiger partial charge on any atom is -0.493 e. The van der Waals surface area contributed by atoms with Crippen LogP contribution in [0.3, 0.4) is 0 Å². The van der Waals surface area contributed by atoms with Crippen molar-refractivity contribution in [1.29, 1.82) is 0 Å². The number of halogens is 1. The normalized spacial score (nSPS) is 16.3. The van der Waals surface area contributed by atoms with E-state index in [0.717, 1.165) is 12.1 Å². The van der Waals surface area contributed by atoms with Crippen LogP contribution < -0.4 is 9.47 Å². The Bertz CT molecular complexity index is 879. The average Bonchev–Trinajstić information content (AvgIpc) is 2.68. The van der Waals surface area contributed by atoms with Gasteiger partial charge in [0.1, 0.15) is 0 Å². The SMILES string of the molecule is COc1ccc(CN2CCN(S(=O)(=O)c3ccc(Cl)cc3)CC2)cc1OC. The van der Waals surface area contributed by atoms with E-state index in [0.29, 0.717) is 42.7 Å². The van der Waals surface area contributed by atoms with Crippen molar-refractivity contribution in [2.45, 2.75) is 11.4 Å². The van der Waals surface area contributed by atoms with Crippen LogP contribution in [0.15, 0.2) is 47.4 Å². The van der Waals surface area contributed by atoms with E-state index >= 15 is 0 Å². The number of nitrogens with zero attached hydrogens (tertiary/aromatic N) is 2. The van der Waals surface area contributed by atoms with E-state index in [9.17, 15) is 8.42 Å². The monoisotopic (exact) mass is 410 g/mol. The van der Waals surface area contributed by atoms with Crippen LogP contribution in [0.2, 0.25) is 5.02 Å². The van der Waals surface area contributed by atoms with Crippen molar-refractivity contribution in [3.63, 3.8) is 0 Å². The lowest BCUT2D eigenvalue weighted by Gasteiger charge is -2.34. The summed E-state index contributed by atoms with van der Waals surface area (Å²) < 4.78 is 37.6. The highest BCUT2D eigenvalue weighted by molar-refractivity contribution is 7.89. The number of hydrogen-bond donors (Lipinski definition) is 0. The molecule has 0 atom stereocenters. The first kappa shape index (κ1) is 19.9. The Balaban J connectivity index is 1.63. The summed E-state index contributed by atoms with van der Waals surface area (Å²) in [7, 11) is -0.261. The number of rotatable bonds is 6. The van der Waals surface area contributed by atoms with Gasteiger partial charge in [0.15, 0.2) is 11.5 Å². The number of hydrogen-bond acceptors (Lipinski definition) is 5. The molecular formula is C19H23ClN2O4S. The van der Waals surface area contributed by atoms with Crippen molar-refractivity contribution < 1.29 is 17.9 Å². The summed E-state index contributed by atoms with van der Waals surface area (Å²) in [5.74, 6) is 1.39. The number of sulfonamides is 1. The van der Waals surface area contributed by atoms with Crippen molar-refractivity contribution in [1.82, 2.24) is 9.21 Å². The van der Waals surface area contributed by atoms with E-state index in [1.165, 1.54) is 4.31 Å². The zero-order valence-electron chi connectivity index (χ0n) is 15.4. The first-order valence-electron chi connectivity index (χ1n) is 8.63. The smallest absolute Gasteiger partial charge is 0.243 e. The lowest BCUT2D eigenvalue weighted by Crippen LogP contribution is -2.48. The molecular weight excluding hydrogens is 388 g/mol. The Morgan fingerprint density at radius 2 is 1.56 bits per heavy atom. The average molecular weight is 411 g/mol. The third-order valence-corrected chi connectivity index (χ3v) is 6.80. The Morgan fingerprint density at radius 1 is 0.926 bits per heavy atom. The maximum absolute atomic E-state index is 12.8. The van der Waals surface area contributed by atoms with Gasteiger partial charge in [0.05, 0.1) is 19.1 Å². The van der Waals surface area contributed by atoms with Gasteiger partial charge in [-0.25, -0.2) is 8.42 Å². The Kier molecular flexibility index (Phi) is 6.26. The third-order valence-electron chi connectivity index (χ3n) is 4.64. The van der Waals surface area contributed by atoms with E-state index in [4.69, 9.17) is 21.1 Å². The quantitative estimate of drug-likeness (QED) is 0.732. The minimum atomic E-state index is -3.48. The maximum Gasteiger partial charge on any atom is 0.243 e. The lowest BCUT2D eigenvalue weighted by atomic mass is 10.1. The van der Waals surface area contributed by atoms with Crippen LogP contribution in [0.25, 0.3) is 0 Å². The van der Waals surface area contributed by atoms with Gasteiger partial charge in [-0.1, -0.05) is 17.7 Å². The molecule has 0 aromatic heterocycles. The molecule has 1 heterocycles. The predicted molar refractivity (Wildman–Crippen MR) is 105 cm³/mol. The molecule has 6 nitrogen and oxygen atoms in total. The van der Waals surface area contributed by atoms with Crippen molar-refractivity contribution in [3.05, 3.63) is 53.1 Å². The largest absolute Gasteiger partial charge is 0.493 e. The summed E-state index contributed by atoms with van der Waals surface area (Å²) in [6.07, 6.45) is 0. The van der Waals surface area contributed by atoms with Crippen molar-refractivity contribution in [2.24, 2.45) is 0 Å². The fourth-order valence-electron chi connectivity index (χ4n) is 3.12. The summed E-state index contributed by atoms with van der Waals surface area (Å²) in [5.41, 5.74) is 1.10. The van der Waals surface area contributed by atoms with E-state index in [-0.39, 0.29) is 4.90 Å². The van der Waals surface area contributed by atoms with E-state index < -0.39 is 10.0 Å². The Labute approximate surface area is 165 Å². The molecule has 0 aliphatic carbocycles. The molecule has 0 bridgehead atoms. The number of ether oxygens (including phenoxy) is 2. The molecule has 0 radical (unpaired) electrons. The standard InChI is InChI=1S/C19H23ClN2O4S/c1-25-18-8-3-15(13-19(18)26-2)14-21-9-11-22(12-10-21)27(23,24)17-6-4-16(20)5-7-17/h3-8,13H,9-12,14H2,1-2H3. The second-order valence-electron chi connectivity index (χ2n) is 6.32. The van der Waals surface area contributed by atoms with Gasteiger partial charge < -0.3 is 9.47 Å². The van der Waals surface area contributed by atoms with Crippen LogP contribution in [-0.4, -0.2) is 58.0 Å². The van der Waals surface area contributed by atoms with Crippen LogP contribution in [0.4, 0.5) is 0 Å². The maximum atomic E-state index is 12.8. The van der Waals surface area contributed by atoms with Gasteiger partial charge in [0.2, 0.25) is 10.0 Å². The molecule has 3 rings (SSSR count). The van der Waals surface area contributed by atoms with Gasteiger partial charge in [0, 0.05) is 37.7 Å². The molecule has 2 aromatic rings. The summed E-state index contributed by atoms with van der Waals surface area (Å²) in [6.45, 7) is 2.98. The zero-order valence-corrected chi connectivity index (χ0v) is 17.0. The van der Waals surface area contributed by atoms with E-state index in [2.05, 4.69) is 4.90 Å². The molecule has 1 fully saturated rings. The molecule has 0 amide bonds. The molecule has 1 aliphatic rings. The van der Waals surface area contributed by atoms with Gasteiger partial charge in [-0.3, -0.25) is 4.90 Å². The third kappa shape index (κ3) is 4.55. The highest BCUT2D eigenvalue weighted by atomic mass is 35.5. The van der Waals surface area contributed by atoms with Crippen molar-refractivity contribution in [3.8, 4) is 11.5 Å². The number of piperazine rings is 1. The fraction of sp³-hybridized carbons (Fsp3) is 0.368. The summed E-state index contributed by atoms with van der Waals surface area (Å²) in [4.78, 5) is 2.51. The van der Waals surface area contributed by atoms with Gasteiger partial charge >= 0.3 is 0 Å². The van der Waals surface area contributed by atoms with Crippen molar-refractivity contribution in [2.75, 3.05) is 40.4 Å². The summed E-state index contributed by atoms with van der Waals surface area (Å²) in [6, 6.07) is 12.1. The predicted octanol–water partition coefficient (Wildman–Crippen LogP) is 2.86. The second kappa shape index (κ2) is 8.48. The summed E-state index contributed by atoms with van der Waals surface area (Å²) in [5, 5.41) is 0.522. The van der Waals surface area contributed by atoms with Gasteiger partial charge in [-0.05, 0) is 42.0 Å². The van der Waals surface area contributed by atoms with E-state index in [1.807, 2.05) is 18.2 Å². The molecule has 0 N–H and O–H groups in total. The van der Waals surface area contributed by atoms with Crippen LogP contribution in [0, 0.1) is 0 Å². The fourth-order valence-corrected chi connectivity index (χ4v) is 4.67. The van der Waals surface area contributed by atoms with Crippen LogP contribution in [0.5, 0.6) is 11.5 Å². The zero-order chi connectivity index (χ0) is 19.4. The van der Waals surface area contributed by atoms with Gasteiger partial charge in [-0.15, -0.1) is 0 Å². The molecule has 1 saturated heterocycles. The molecule has 146 valence electrons. The van der Waals surface area contributed by atoms with Gasteiger partial charge in [-0.2, -0.15) is 4.31 Å². The van der Waals surface area contributed by atoms with Gasteiger partial charge in [0.25, 0.3) is 0 Å². The molecule has 8 heteroatoms. The second-order valence-corrected chi connectivity index (χ2v) is 8.70. The summed E-state index contributed by atoms with van der Waals surface area (Å²) >= 11 is 5.85. The molecule has 0 spiro atoms. The van der Waals surface area contributed by atoms with Crippen LogP contribution >= 0.6 is 11.6 Å². The molecule has 0 unspecified atom stereocenters. The van der Waals surface area contributed by atoms with Crippen molar-refractivity contribution >= 4 is 21.6 Å². The van der Waals surface area contributed by atoms with Crippen LogP contribution in [-0.2, 0) is 16.6 Å². The lowest BCUT2D eigenvalue weighted by molar-refractivity contribution is 0.181. The Hall–Kier alpha value is -1.80.